The molecule has 0 aliphatic carbocycles. The van der Waals surface area contributed by atoms with Gasteiger partial charge in [0.05, 0.1) is 12.7 Å². The second-order valence-corrected chi connectivity index (χ2v) is 6.72. The second kappa shape index (κ2) is 6.41. The molecule has 1 aliphatic heterocycles. The van der Waals surface area contributed by atoms with Crippen LogP contribution >= 0.6 is 0 Å². The number of aryl methyl sites for hydroxylation is 1. The number of nitrogens with zero attached hydrogens (tertiary/aromatic N) is 4. The molecule has 1 aromatic heterocycles. The number of piperidine rings is 1. The summed E-state index contributed by atoms with van der Waals surface area (Å²) in [4.78, 5) is 2.02. The molecule has 0 atom stereocenters. The van der Waals surface area contributed by atoms with Crippen molar-refractivity contribution >= 4 is 15.9 Å². The number of amidine groups is 1. The minimum atomic E-state index is -3.55. The summed E-state index contributed by atoms with van der Waals surface area (Å²) in [6.45, 7) is 1.77. The number of nitrogens with two attached hydrogens (primary N) is 1. The lowest BCUT2D eigenvalue weighted by Gasteiger charge is -2.31. The van der Waals surface area contributed by atoms with Gasteiger partial charge in [0, 0.05) is 26.2 Å². The van der Waals surface area contributed by atoms with E-state index in [1.54, 1.807) is 7.05 Å². The van der Waals surface area contributed by atoms with Gasteiger partial charge in [0.1, 0.15) is 0 Å². The van der Waals surface area contributed by atoms with Gasteiger partial charge in [-0.2, -0.15) is 5.10 Å². The van der Waals surface area contributed by atoms with E-state index in [4.69, 9.17) is 10.9 Å². The molecule has 0 bridgehead atoms. The fourth-order valence-electron chi connectivity index (χ4n) is 2.37. The van der Waals surface area contributed by atoms with Crippen LogP contribution in [0.2, 0.25) is 0 Å². The van der Waals surface area contributed by atoms with Crippen molar-refractivity contribution in [1.29, 1.82) is 0 Å². The van der Waals surface area contributed by atoms with Crippen LogP contribution in [0.3, 0.4) is 0 Å². The maximum absolute atomic E-state index is 12.2. The highest BCUT2D eigenvalue weighted by atomic mass is 32.2. The molecule has 9 nitrogen and oxygen atoms in total. The number of hydrogen-bond acceptors (Lipinski definition) is 6. The maximum Gasteiger partial charge on any atom is 0.257 e. The summed E-state index contributed by atoms with van der Waals surface area (Å²) in [5, 5.41) is 15.5. The second-order valence-electron chi connectivity index (χ2n) is 5.06. The maximum atomic E-state index is 12.2. The Bertz CT molecular complexity index is 603. The van der Waals surface area contributed by atoms with Crippen molar-refractivity contribution in [3.05, 3.63) is 12.3 Å². The summed E-state index contributed by atoms with van der Waals surface area (Å²) in [5.74, 6) is 0.156. The van der Waals surface area contributed by atoms with Crippen molar-refractivity contribution in [3.8, 4) is 0 Å². The molecule has 1 saturated heterocycles. The van der Waals surface area contributed by atoms with E-state index >= 15 is 0 Å². The van der Waals surface area contributed by atoms with E-state index in [2.05, 4.69) is 15.0 Å². The molecule has 1 aromatic rings. The zero-order valence-corrected chi connectivity index (χ0v) is 12.6. The van der Waals surface area contributed by atoms with Crippen LogP contribution in [0, 0.1) is 0 Å². The van der Waals surface area contributed by atoms with E-state index in [9.17, 15) is 8.42 Å². The van der Waals surface area contributed by atoms with E-state index in [-0.39, 0.29) is 16.9 Å². The van der Waals surface area contributed by atoms with Crippen LogP contribution in [0.4, 0.5) is 0 Å². The van der Waals surface area contributed by atoms with Gasteiger partial charge in [0.15, 0.2) is 10.9 Å². The first kappa shape index (κ1) is 15.7. The lowest BCUT2D eigenvalue weighted by Crippen LogP contribution is -2.46. The Morgan fingerprint density at radius 1 is 1.57 bits per heavy atom. The zero-order valence-electron chi connectivity index (χ0n) is 11.8. The summed E-state index contributed by atoms with van der Waals surface area (Å²) in [6.07, 6.45) is 2.81. The summed E-state index contributed by atoms with van der Waals surface area (Å²) in [7, 11) is -1.96. The first-order chi connectivity index (χ1) is 9.92. The Labute approximate surface area is 123 Å². The van der Waals surface area contributed by atoms with E-state index in [1.807, 2.05) is 4.90 Å². The molecule has 2 rings (SSSR count). The highest BCUT2D eigenvalue weighted by molar-refractivity contribution is 7.89. The Balaban J connectivity index is 1.90. The Hall–Kier alpha value is -1.65. The number of hydrogen-bond donors (Lipinski definition) is 3. The largest absolute Gasteiger partial charge is 0.409 e. The van der Waals surface area contributed by atoms with Crippen molar-refractivity contribution in [3.63, 3.8) is 0 Å². The molecular formula is C11H20N6O3S. The van der Waals surface area contributed by atoms with Gasteiger partial charge in [0.25, 0.3) is 10.0 Å². The van der Waals surface area contributed by atoms with E-state index < -0.39 is 10.0 Å². The van der Waals surface area contributed by atoms with E-state index in [0.717, 1.165) is 0 Å². The van der Waals surface area contributed by atoms with Crippen LogP contribution in [0.5, 0.6) is 0 Å². The van der Waals surface area contributed by atoms with Gasteiger partial charge >= 0.3 is 0 Å². The third-order valence-corrected chi connectivity index (χ3v) is 5.07. The van der Waals surface area contributed by atoms with Crippen molar-refractivity contribution in [2.75, 3.05) is 19.6 Å². The molecule has 10 heteroatoms. The van der Waals surface area contributed by atoms with E-state index in [0.29, 0.717) is 32.5 Å². The predicted octanol–water partition coefficient (Wildman–Crippen LogP) is -1.09. The first-order valence-corrected chi connectivity index (χ1v) is 8.10. The lowest BCUT2D eigenvalue weighted by atomic mass is 10.1. The van der Waals surface area contributed by atoms with Gasteiger partial charge in [-0.3, -0.25) is 9.58 Å². The molecule has 1 aliphatic rings. The van der Waals surface area contributed by atoms with Crippen molar-refractivity contribution in [1.82, 2.24) is 19.4 Å². The molecule has 1 fully saturated rings. The summed E-state index contributed by atoms with van der Waals surface area (Å²) in [5.41, 5.74) is 5.46. The smallest absolute Gasteiger partial charge is 0.257 e. The summed E-state index contributed by atoms with van der Waals surface area (Å²) < 4.78 is 28.5. The van der Waals surface area contributed by atoms with Crippen molar-refractivity contribution < 1.29 is 13.6 Å². The summed E-state index contributed by atoms with van der Waals surface area (Å²) >= 11 is 0. The summed E-state index contributed by atoms with van der Waals surface area (Å²) in [6, 6.07) is 1.35. The Kier molecular flexibility index (Phi) is 4.80. The number of rotatable bonds is 5. The predicted molar refractivity (Wildman–Crippen MR) is 76.4 cm³/mol. The number of sulfonamides is 1. The number of aromatic nitrogens is 2. The van der Waals surface area contributed by atoms with Crippen LogP contribution in [0.25, 0.3) is 0 Å². The van der Waals surface area contributed by atoms with Gasteiger partial charge in [-0.15, -0.1) is 0 Å². The van der Waals surface area contributed by atoms with Gasteiger partial charge in [-0.25, -0.2) is 13.1 Å². The first-order valence-electron chi connectivity index (χ1n) is 6.61. The minimum absolute atomic E-state index is 0.117. The third-order valence-electron chi connectivity index (χ3n) is 3.47. The Morgan fingerprint density at radius 2 is 2.24 bits per heavy atom. The van der Waals surface area contributed by atoms with Gasteiger partial charge in [-0.1, -0.05) is 5.16 Å². The molecule has 0 spiro atoms. The topological polar surface area (TPSA) is 126 Å². The molecule has 0 amide bonds. The average Bonchev–Trinajstić information content (AvgIpc) is 2.87. The van der Waals surface area contributed by atoms with E-state index in [1.165, 1.54) is 16.9 Å². The monoisotopic (exact) mass is 316 g/mol. The molecule has 4 N–H and O–H groups in total. The molecule has 2 heterocycles. The third kappa shape index (κ3) is 3.93. The highest BCUT2D eigenvalue weighted by Crippen LogP contribution is 2.14. The molecular weight excluding hydrogens is 296 g/mol. The van der Waals surface area contributed by atoms with Crippen LogP contribution in [-0.4, -0.2) is 59.8 Å². The molecule has 0 saturated carbocycles. The van der Waals surface area contributed by atoms with Gasteiger partial charge in [0.2, 0.25) is 0 Å². The van der Waals surface area contributed by atoms with Crippen molar-refractivity contribution in [2.24, 2.45) is 17.9 Å². The SMILES string of the molecule is Cn1nccc1S(=O)(=O)NC1CCN(C/C(N)=N/O)CC1. The van der Waals surface area contributed by atoms with Crippen LogP contribution in [-0.2, 0) is 17.1 Å². The average molecular weight is 316 g/mol. The fraction of sp³-hybridized carbons (Fsp3) is 0.636. The molecule has 21 heavy (non-hydrogen) atoms. The number of likely N-dealkylation sites (tertiary alicyclic amines) is 1. The highest BCUT2D eigenvalue weighted by Gasteiger charge is 2.26. The molecule has 0 aromatic carbocycles. The molecule has 0 radical (unpaired) electrons. The fourth-order valence-corrected chi connectivity index (χ4v) is 3.81. The van der Waals surface area contributed by atoms with Crippen LogP contribution < -0.4 is 10.5 Å². The standard InChI is InChI=1S/C11H20N6O3S/c1-16-11(2-5-13-16)21(19,20)15-9-3-6-17(7-4-9)8-10(12)14-18/h2,5,9,15,18H,3-4,6-8H2,1H3,(H2,12,14). The normalized spacial score (nSPS) is 19.0. The lowest BCUT2D eigenvalue weighted by molar-refractivity contribution is 0.228. The van der Waals surface area contributed by atoms with Crippen LogP contribution in [0.15, 0.2) is 22.4 Å². The number of nitrogens with one attached hydrogen (secondary N) is 1. The van der Waals surface area contributed by atoms with Crippen LogP contribution in [0.1, 0.15) is 12.8 Å². The van der Waals surface area contributed by atoms with Gasteiger partial charge < -0.3 is 10.9 Å². The minimum Gasteiger partial charge on any atom is -0.409 e. The molecule has 0 unspecified atom stereocenters. The zero-order chi connectivity index (χ0) is 15.5. The number of oxime groups is 1. The molecule has 118 valence electrons. The quantitative estimate of drug-likeness (QED) is 0.274. The van der Waals surface area contributed by atoms with Crippen molar-refractivity contribution in [2.45, 2.75) is 23.9 Å². The Morgan fingerprint density at radius 3 is 2.76 bits per heavy atom. The van der Waals surface area contributed by atoms with Gasteiger partial charge in [-0.05, 0) is 18.9 Å².